The summed E-state index contributed by atoms with van der Waals surface area (Å²) in [6.07, 6.45) is 1.92. The molecule has 1 aromatic carbocycles. The van der Waals surface area contributed by atoms with Crippen LogP contribution in [0.25, 0.3) is 0 Å². The lowest BCUT2D eigenvalue weighted by atomic mass is 10.2. The van der Waals surface area contributed by atoms with Gasteiger partial charge in [0.15, 0.2) is 0 Å². The summed E-state index contributed by atoms with van der Waals surface area (Å²) in [4.78, 5) is 32.5. The van der Waals surface area contributed by atoms with E-state index in [2.05, 4.69) is 14.7 Å². The van der Waals surface area contributed by atoms with Gasteiger partial charge >= 0.3 is 6.61 Å². The van der Waals surface area contributed by atoms with Crippen LogP contribution >= 0.6 is 0 Å². The van der Waals surface area contributed by atoms with Crippen LogP contribution in [0, 0.1) is 0 Å². The zero-order valence-corrected chi connectivity index (χ0v) is 13.5. The second kappa shape index (κ2) is 7.00. The minimum absolute atomic E-state index is 0.0538. The molecule has 1 fully saturated rings. The molecule has 0 atom stereocenters. The number of nitrogens with one attached hydrogen (secondary N) is 1. The van der Waals surface area contributed by atoms with Gasteiger partial charge in [0, 0.05) is 25.6 Å². The van der Waals surface area contributed by atoms with Crippen molar-refractivity contribution in [3.8, 4) is 5.75 Å². The van der Waals surface area contributed by atoms with E-state index in [1.807, 2.05) is 0 Å². The number of rotatable bonds is 6. The highest BCUT2D eigenvalue weighted by Crippen LogP contribution is 2.37. The molecule has 0 spiro atoms. The van der Waals surface area contributed by atoms with Gasteiger partial charge in [-0.1, -0.05) is 12.1 Å². The zero-order valence-electron chi connectivity index (χ0n) is 13.5. The van der Waals surface area contributed by atoms with Crippen molar-refractivity contribution < 1.29 is 18.3 Å². The second-order valence-corrected chi connectivity index (χ2v) is 5.97. The molecule has 0 bridgehead atoms. The lowest BCUT2D eigenvalue weighted by Crippen LogP contribution is -2.29. The van der Waals surface area contributed by atoms with Gasteiger partial charge in [0.1, 0.15) is 17.3 Å². The molecule has 1 heterocycles. The number of hydrogen-bond acceptors (Lipinski definition) is 4. The van der Waals surface area contributed by atoms with Gasteiger partial charge in [-0.3, -0.25) is 9.59 Å². The van der Waals surface area contributed by atoms with Crippen molar-refractivity contribution >= 4 is 5.91 Å². The summed E-state index contributed by atoms with van der Waals surface area (Å²) in [5, 5.41) is 0. The molecule has 1 aromatic heterocycles. The fraction of sp³-hybridized carbons (Fsp3) is 0.353. The van der Waals surface area contributed by atoms with Crippen LogP contribution in [0.5, 0.6) is 5.75 Å². The minimum Gasteiger partial charge on any atom is -0.435 e. The first-order chi connectivity index (χ1) is 11.9. The largest absolute Gasteiger partial charge is 0.435 e. The molecule has 1 N–H and O–H groups in total. The number of ether oxygens (including phenoxy) is 1. The van der Waals surface area contributed by atoms with Gasteiger partial charge in [-0.15, -0.1) is 0 Å². The topological polar surface area (TPSA) is 75.3 Å². The van der Waals surface area contributed by atoms with E-state index in [0.29, 0.717) is 5.82 Å². The molecule has 1 aliphatic rings. The van der Waals surface area contributed by atoms with Gasteiger partial charge in [0.25, 0.3) is 11.5 Å². The van der Waals surface area contributed by atoms with Crippen molar-refractivity contribution in [2.24, 2.45) is 0 Å². The van der Waals surface area contributed by atoms with Crippen LogP contribution < -0.4 is 10.3 Å². The standard InChI is InChI=1S/C17H17F2N3O3/c1-22(9-10-2-6-12(7-3-10)25-17(18)19)16(24)13-8-14(23)21-15(20-13)11-4-5-11/h2-3,6-8,11,17H,4-5,9H2,1H3,(H,20,21,23). The Bertz CT molecular complexity index is 817. The molecule has 132 valence electrons. The first kappa shape index (κ1) is 17.1. The molecule has 0 saturated heterocycles. The Kier molecular flexibility index (Phi) is 4.78. The molecule has 8 heteroatoms. The van der Waals surface area contributed by atoms with Gasteiger partial charge in [-0.2, -0.15) is 8.78 Å². The minimum atomic E-state index is -2.88. The maximum absolute atomic E-state index is 12.5. The normalized spacial score (nSPS) is 13.8. The van der Waals surface area contributed by atoms with E-state index in [0.717, 1.165) is 18.4 Å². The number of aromatic amines is 1. The molecule has 1 saturated carbocycles. The Morgan fingerprint density at radius 3 is 2.64 bits per heavy atom. The van der Waals surface area contributed by atoms with E-state index in [1.54, 1.807) is 19.2 Å². The fourth-order valence-corrected chi connectivity index (χ4v) is 2.45. The predicted octanol–water partition coefficient (Wildman–Crippen LogP) is 2.52. The molecule has 1 aliphatic carbocycles. The maximum Gasteiger partial charge on any atom is 0.387 e. The van der Waals surface area contributed by atoms with Crippen molar-refractivity contribution in [2.75, 3.05) is 7.05 Å². The number of alkyl halides is 2. The number of hydrogen-bond donors (Lipinski definition) is 1. The summed E-state index contributed by atoms with van der Waals surface area (Å²) in [6.45, 7) is -2.63. The van der Waals surface area contributed by atoms with Crippen LogP contribution in [0.1, 0.15) is 40.6 Å². The third-order valence-electron chi connectivity index (χ3n) is 3.86. The number of carbonyl (C=O) groups excluding carboxylic acids is 1. The molecule has 0 unspecified atom stereocenters. The highest BCUT2D eigenvalue weighted by molar-refractivity contribution is 5.92. The quantitative estimate of drug-likeness (QED) is 0.870. The van der Waals surface area contributed by atoms with E-state index in [-0.39, 0.29) is 35.4 Å². The Balaban J connectivity index is 1.69. The average Bonchev–Trinajstić information content (AvgIpc) is 3.40. The van der Waals surface area contributed by atoms with Gasteiger partial charge in [-0.25, -0.2) is 4.98 Å². The van der Waals surface area contributed by atoms with E-state index < -0.39 is 6.61 Å². The third-order valence-corrected chi connectivity index (χ3v) is 3.86. The molecule has 0 aliphatic heterocycles. The predicted molar refractivity (Wildman–Crippen MR) is 85.7 cm³/mol. The Labute approximate surface area is 142 Å². The number of carbonyl (C=O) groups is 1. The van der Waals surface area contributed by atoms with Crippen LogP contribution in [0.4, 0.5) is 8.78 Å². The van der Waals surface area contributed by atoms with Crippen LogP contribution in [-0.4, -0.2) is 34.4 Å². The highest BCUT2D eigenvalue weighted by atomic mass is 19.3. The highest BCUT2D eigenvalue weighted by Gasteiger charge is 2.27. The summed E-state index contributed by atoms with van der Waals surface area (Å²) in [5.41, 5.74) is 0.498. The number of benzene rings is 1. The van der Waals surface area contributed by atoms with Crippen LogP contribution in [0.2, 0.25) is 0 Å². The number of nitrogens with zero attached hydrogens (tertiary/aromatic N) is 2. The third kappa shape index (κ3) is 4.40. The summed E-state index contributed by atoms with van der Waals surface area (Å²) >= 11 is 0. The van der Waals surface area contributed by atoms with Gasteiger partial charge in [0.2, 0.25) is 0 Å². The number of H-pyrrole nitrogens is 1. The van der Waals surface area contributed by atoms with Crippen LogP contribution in [0.15, 0.2) is 35.1 Å². The smallest absolute Gasteiger partial charge is 0.387 e. The Morgan fingerprint density at radius 2 is 2.04 bits per heavy atom. The first-order valence-corrected chi connectivity index (χ1v) is 7.83. The van der Waals surface area contributed by atoms with Crippen molar-refractivity contribution in [3.05, 3.63) is 57.8 Å². The van der Waals surface area contributed by atoms with E-state index in [9.17, 15) is 18.4 Å². The molecular formula is C17H17F2N3O3. The summed E-state index contributed by atoms with van der Waals surface area (Å²) in [6, 6.07) is 7.21. The molecular weight excluding hydrogens is 332 g/mol. The van der Waals surface area contributed by atoms with Crippen molar-refractivity contribution in [1.82, 2.24) is 14.9 Å². The molecule has 1 amide bonds. The zero-order chi connectivity index (χ0) is 18.0. The van der Waals surface area contributed by atoms with Gasteiger partial charge in [0.05, 0.1) is 0 Å². The van der Waals surface area contributed by atoms with E-state index in [1.165, 1.54) is 23.1 Å². The fourth-order valence-electron chi connectivity index (χ4n) is 2.45. The number of amides is 1. The second-order valence-electron chi connectivity index (χ2n) is 5.97. The maximum atomic E-state index is 12.5. The van der Waals surface area contributed by atoms with Crippen LogP contribution in [-0.2, 0) is 6.54 Å². The molecule has 2 aromatic rings. The van der Waals surface area contributed by atoms with E-state index in [4.69, 9.17) is 0 Å². The van der Waals surface area contributed by atoms with Crippen LogP contribution in [0.3, 0.4) is 0 Å². The summed E-state index contributed by atoms with van der Waals surface area (Å²) in [5.74, 6) is 0.463. The molecule has 25 heavy (non-hydrogen) atoms. The summed E-state index contributed by atoms with van der Waals surface area (Å²) in [7, 11) is 1.59. The molecule has 3 rings (SSSR count). The molecule has 6 nitrogen and oxygen atoms in total. The monoisotopic (exact) mass is 349 g/mol. The van der Waals surface area contributed by atoms with Crippen molar-refractivity contribution in [1.29, 1.82) is 0 Å². The summed E-state index contributed by atoms with van der Waals surface area (Å²) < 4.78 is 28.6. The number of halogens is 2. The number of aromatic nitrogens is 2. The SMILES string of the molecule is CN(Cc1ccc(OC(F)F)cc1)C(=O)c1cc(=O)[nH]c(C2CC2)n1. The van der Waals surface area contributed by atoms with Gasteiger partial charge < -0.3 is 14.6 Å². The van der Waals surface area contributed by atoms with Crippen molar-refractivity contribution in [2.45, 2.75) is 31.9 Å². The Hall–Kier alpha value is -2.77. The lowest BCUT2D eigenvalue weighted by molar-refractivity contribution is -0.0498. The first-order valence-electron chi connectivity index (χ1n) is 7.83. The Morgan fingerprint density at radius 1 is 1.36 bits per heavy atom. The lowest BCUT2D eigenvalue weighted by Gasteiger charge is -2.17. The molecule has 0 radical (unpaired) electrons. The average molecular weight is 349 g/mol. The van der Waals surface area contributed by atoms with Gasteiger partial charge in [-0.05, 0) is 30.5 Å². The van der Waals surface area contributed by atoms with E-state index >= 15 is 0 Å². The van der Waals surface area contributed by atoms with Crippen molar-refractivity contribution in [3.63, 3.8) is 0 Å².